The number of halogens is 2. The molecule has 0 aromatic heterocycles. The highest BCUT2D eigenvalue weighted by Gasteiger charge is 2.30. The van der Waals surface area contributed by atoms with Crippen LogP contribution in [0.2, 0.25) is 10.0 Å². The van der Waals surface area contributed by atoms with Gasteiger partial charge in [-0.05, 0) is 100 Å². The number of nitrogens with zero attached hydrogens (tertiary/aromatic N) is 2. The molecule has 2 aromatic carbocycles. The molecule has 9 nitrogen and oxygen atoms in total. The first kappa shape index (κ1) is 34.4. The molecule has 0 saturated carbocycles. The van der Waals surface area contributed by atoms with Crippen LogP contribution in [0.3, 0.4) is 0 Å². The molecule has 11 heteroatoms. The molecule has 4 rings (SSSR count). The van der Waals surface area contributed by atoms with Crippen molar-refractivity contribution in [3.63, 3.8) is 0 Å². The summed E-state index contributed by atoms with van der Waals surface area (Å²) in [7, 11) is 0. The van der Waals surface area contributed by atoms with Gasteiger partial charge in [0.05, 0.1) is 0 Å². The average molecular weight is 610 g/mol. The van der Waals surface area contributed by atoms with Crippen LogP contribution in [0, 0.1) is 0 Å². The summed E-state index contributed by atoms with van der Waals surface area (Å²) >= 11 is 11.6. The first-order chi connectivity index (χ1) is 19.2. The van der Waals surface area contributed by atoms with Crippen molar-refractivity contribution < 1.29 is 34.9 Å². The van der Waals surface area contributed by atoms with Gasteiger partial charge in [-0.3, -0.25) is 29.0 Å². The molecule has 224 valence electrons. The third kappa shape index (κ3) is 10.8. The number of hydrogen-bond donors (Lipinski definition) is 2. The summed E-state index contributed by atoms with van der Waals surface area (Å²) in [5.41, 5.74) is 1.02. The van der Waals surface area contributed by atoms with Crippen molar-refractivity contribution in [3.05, 3.63) is 69.7 Å². The molecule has 2 aliphatic heterocycles. The van der Waals surface area contributed by atoms with Crippen LogP contribution in [-0.2, 0) is 9.59 Å². The van der Waals surface area contributed by atoms with Crippen molar-refractivity contribution in [3.8, 4) is 0 Å². The number of carboxylic acids is 2. The topological polar surface area (TPSA) is 147 Å². The van der Waals surface area contributed by atoms with Crippen LogP contribution >= 0.6 is 23.2 Å². The van der Waals surface area contributed by atoms with Gasteiger partial charge in [0, 0.05) is 34.0 Å². The maximum Gasteiger partial charge on any atom is 0.321 e. The molecule has 2 fully saturated rings. The smallest absolute Gasteiger partial charge is 0.321 e. The van der Waals surface area contributed by atoms with Gasteiger partial charge in [-0.25, -0.2) is 0 Å². The zero-order valence-corrected chi connectivity index (χ0v) is 24.4. The first-order valence-electron chi connectivity index (χ1n) is 13.7. The zero-order valence-electron chi connectivity index (χ0n) is 22.9. The van der Waals surface area contributed by atoms with E-state index in [0.29, 0.717) is 21.2 Å². The second-order valence-electron chi connectivity index (χ2n) is 10.2. The van der Waals surface area contributed by atoms with Gasteiger partial charge >= 0.3 is 11.9 Å². The summed E-state index contributed by atoms with van der Waals surface area (Å²) in [5, 5.41) is 19.8. The summed E-state index contributed by atoms with van der Waals surface area (Å²) in [5.74, 6) is -2.15. The number of aliphatic carboxylic acids is 2. The van der Waals surface area contributed by atoms with E-state index in [9.17, 15) is 29.4 Å². The van der Waals surface area contributed by atoms with E-state index in [1.54, 1.807) is 48.5 Å². The highest BCUT2D eigenvalue weighted by molar-refractivity contribution is 6.31. The lowest BCUT2D eigenvalue weighted by molar-refractivity contribution is -0.144. The van der Waals surface area contributed by atoms with Crippen LogP contribution in [0.4, 0.5) is 0 Å². The first-order valence-corrected chi connectivity index (χ1v) is 14.4. The van der Waals surface area contributed by atoms with Gasteiger partial charge in [0.1, 0.15) is 12.1 Å². The van der Waals surface area contributed by atoms with Gasteiger partial charge < -0.3 is 15.7 Å². The number of carbonyl (C=O) groups excluding carboxylic acids is 2. The molecule has 0 radical (unpaired) electrons. The Morgan fingerprint density at radius 2 is 0.878 bits per heavy atom. The molecule has 2 aromatic rings. The predicted octanol–water partition coefficient (Wildman–Crippen LogP) is 4.88. The van der Waals surface area contributed by atoms with E-state index in [4.69, 9.17) is 23.2 Å². The standard InChI is InChI=1S/2C15H18ClNO3.H2O/c2*16-12-6-4-11(5-7-12)14(18)10-13(15(19)20)17-8-2-1-3-9-17;/h2*4-7,13H,1-3,8-10H2,(H,19,20);1H2. The Bertz CT molecular complexity index is 1050. The van der Waals surface area contributed by atoms with Crippen molar-refractivity contribution in [2.24, 2.45) is 0 Å². The Morgan fingerprint density at radius 1 is 0.585 bits per heavy atom. The zero-order chi connectivity index (χ0) is 29.1. The summed E-state index contributed by atoms with van der Waals surface area (Å²) in [6.07, 6.45) is 6.28. The van der Waals surface area contributed by atoms with Crippen molar-refractivity contribution >= 4 is 46.7 Å². The summed E-state index contributed by atoms with van der Waals surface area (Å²) in [6, 6.07) is 11.7. The number of likely N-dealkylation sites (tertiary alicyclic amines) is 2. The number of piperidine rings is 2. The van der Waals surface area contributed by atoms with E-state index in [0.717, 1.165) is 64.7 Å². The van der Waals surface area contributed by atoms with E-state index in [-0.39, 0.29) is 29.9 Å². The van der Waals surface area contributed by atoms with Gasteiger partial charge in [0.15, 0.2) is 11.6 Å². The molecule has 0 amide bonds. The minimum absolute atomic E-state index is 0. The summed E-state index contributed by atoms with van der Waals surface area (Å²) in [6.45, 7) is 3.02. The lowest BCUT2D eigenvalue weighted by Crippen LogP contribution is -2.45. The van der Waals surface area contributed by atoms with Crippen molar-refractivity contribution in [1.82, 2.24) is 9.80 Å². The van der Waals surface area contributed by atoms with Gasteiger partial charge in [-0.2, -0.15) is 0 Å². The molecule has 41 heavy (non-hydrogen) atoms. The maximum absolute atomic E-state index is 12.2. The van der Waals surface area contributed by atoms with Crippen molar-refractivity contribution in [1.29, 1.82) is 0 Å². The Balaban J connectivity index is 0.000000280. The van der Waals surface area contributed by atoms with Crippen molar-refractivity contribution in [2.45, 2.75) is 63.5 Å². The molecule has 0 spiro atoms. The number of carbonyl (C=O) groups is 4. The maximum atomic E-state index is 12.2. The predicted molar refractivity (Wildman–Crippen MR) is 158 cm³/mol. The van der Waals surface area contributed by atoms with E-state index >= 15 is 0 Å². The Kier molecular flexibility index (Phi) is 14.4. The minimum Gasteiger partial charge on any atom is -0.480 e. The monoisotopic (exact) mass is 608 g/mol. The van der Waals surface area contributed by atoms with Crippen LogP contribution in [-0.4, -0.2) is 87.3 Å². The third-order valence-electron chi connectivity index (χ3n) is 7.32. The molecule has 2 aliphatic rings. The van der Waals surface area contributed by atoms with E-state index < -0.39 is 24.0 Å². The molecule has 2 unspecified atom stereocenters. The minimum atomic E-state index is -0.922. The largest absolute Gasteiger partial charge is 0.480 e. The second-order valence-corrected chi connectivity index (χ2v) is 11.0. The normalized spacial score (nSPS) is 17.2. The molecular formula is C30H38Cl2N2O7. The van der Waals surface area contributed by atoms with Crippen LogP contribution in [0.1, 0.15) is 72.1 Å². The second kappa shape index (κ2) is 17.2. The van der Waals surface area contributed by atoms with E-state index in [2.05, 4.69) is 0 Å². The number of benzene rings is 2. The number of carboxylic acid groups (broad SMARTS) is 2. The molecular weight excluding hydrogens is 571 g/mol. The molecule has 2 atom stereocenters. The molecule has 2 heterocycles. The van der Waals surface area contributed by atoms with E-state index in [1.807, 2.05) is 9.80 Å². The fraction of sp³-hybridized carbons (Fsp3) is 0.467. The van der Waals surface area contributed by atoms with Crippen LogP contribution in [0.25, 0.3) is 0 Å². The van der Waals surface area contributed by atoms with Crippen LogP contribution in [0.15, 0.2) is 48.5 Å². The van der Waals surface area contributed by atoms with Gasteiger partial charge in [0.2, 0.25) is 0 Å². The van der Waals surface area contributed by atoms with E-state index in [1.165, 1.54) is 0 Å². The number of Topliss-reactive ketones (excluding diaryl/α,β-unsaturated/α-hetero) is 2. The molecule has 0 bridgehead atoms. The van der Waals surface area contributed by atoms with Crippen LogP contribution in [0.5, 0.6) is 0 Å². The number of ketones is 2. The van der Waals surface area contributed by atoms with Gasteiger partial charge in [-0.1, -0.05) is 36.0 Å². The fourth-order valence-electron chi connectivity index (χ4n) is 5.06. The van der Waals surface area contributed by atoms with Crippen molar-refractivity contribution in [2.75, 3.05) is 26.2 Å². The Hall–Kier alpha value is -2.82. The molecule has 4 N–H and O–H groups in total. The Morgan fingerprint density at radius 3 is 1.15 bits per heavy atom. The average Bonchev–Trinajstić information content (AvgIpc) is 2.96. The highest BCUT2D eigenvalue weighted by atomic mass is 35.5. The number of rotatable bonds is 10. The molecule has 0 aliphatic carbocycles. The van der Waals surface area contributed by atoms with Crippen LogP contribution < -0.4 is 0 Å². The lowest BCUT2D eigenvalue weighted by Gasteiger charge is -2.31. The SMILES string of the molecule is O.O=C(CC(C(=O)O)N1CCCCC1)c1ccc(Cl)cc1.O=C(CC(C(=O)O)N1CCCCC1)c1ccc(Cl)cc1. The summed E-state index contributed by atoms with van der Waals surface area (Å²) in [4.78, 5) is 51.0. The van der Waals surface area contributed by atoms with Gasteiger partial charge in [0.25, 0.3) is 0 Å². The molecule has 2 saturated heterocycles. The fourth-order valence-corrected chi connectivity index (χ4v) is 5.32. The Labute approximate surface area is 250 Å². The lowest BCUT2D eigenvalue weighted by atomic mass is 10.0. The third-order valence-corrected chi connectivity index (χ3v) is 7.83. The highest BCUT2D eigenvalue weighted by Crippen LogP contribution is 2.19. The number of hydrogen-bond acceptors (Lipinski definition) is 6. The van der Waals surface area contributed by atoms with Gasteiger partial charge in [-0.15, -0.1) is 0 Å². The summed E-state index contributed by atoms with van der Waals surface area (Å²) < 4.78 is 0. The quantitative estimate of drug-likeness (QED) is 0.363.